The molecule has 1 aromatic heterocycles. The first-order chi connectivity index (χ1) is 15.6. The molecule has 12 heteroatoms. The van der Waals surface area contributed by atoms with Crippen LogP contribution in [0.4, 0.5) is 15.8 Å². The van der Waals surface area contributed by atoms with Crippen LogP contribution in [0.1, 0.15) is 11.4 Å². The lowest BCUT2D eigenvalue weighted by Gasteiger charge is -2.21. The number of thioether (sulfide) groups is 1. The van der Waals surface area contributed by atoms with Crippen molar-refractivity contribution in [3.05, 3.63) is 59.7 Å². The summed E-state index contributed by atoms with van der Waals surface area (Å²) in [6.07, 6.45) is 1.06. The molecule has 0 fully saturated rings. The number of halogens is 1. The van der Waals surface area contributed by atoms with Crippen LogP contribution in [-0.4, -0.2) is 48.2 Å². The fourth-order valence-corrected chi connectivity index (χ4v) is 4.56. The van der Waals surface area contributed by atoms with Crippen LogP contribution in [0.5, 0.6) is 5.75 Å². The molecule has 0 bridgehead atoms. The van der Waals surface area contributed by atoms with E-state index < -0.39 is 15.8 Å². The first-order valence-corrected chi connectivity index (χ1v) is 12.6. The average Bonchev–Trinajstić information content (AvgIpc) is 3.10. The summed E-state index contributed by atoms with van der Waals surface area (Å²) < 4.78 is 45.9. The molecule has 2 aromatic carbocycles. The van der Waals surface area contributed by atoms with Crippen molar-refractivity contribution in [2.45, 2.75) is 18.6 Å². The van der Waals surface area contributed by atoms with Gasteiger partial charge < -0.3 is 14.6 Å². The molecule has 9 nitrogen and oxygen atoms in total. The van der Waals surface area contributed by atoms with Gasteiger partial charge in [0.05, 0.1) is 37.0 Å². The molecule has 0 aliphatic rings. The Hall–Kier alpha value is -3.12. The van der Waals surface area contributed by atoms with E-state index in [9.17, 15) is 17.6 Å². The van der Waals surface area contributed by atoms with Crippen molar-refractivity contribution in [3.63, 3.8) is 0 Å². The first-order valence-electron chi connectivity index (χ1n) is 9.77. The Bertz CT molecular complexity index is 1250. The number of benzene rings is 2. The van der Waals surface area contributed by atoms with Crippen LogP contribution in [0.3, 0.4) is 0 Å². The van der Waals surface area contributed by atoms with E-state index in [-0.39, 0.29) is 18.2 Å². The molecule has 1 amide bonds. The van der Waals surface area contributed by atoms with Gasteiger partial charge >= 0.3 is 0 Å². The number of methoxy groups -OCH3 is 1. The van der Waals surface area contributed by atoms with Crippen molar-refractivity contribution in [2.75, 3.05) is 28.7 Å². The van der Waals surface area contributed by atoms with Crippen molar-refractivity contribution < 1.29 is 22.3 Å². The van der Waals surface area contributed by atoms with E-state index in [0.717, 1.165) is 27.9 Å². The standard InChI is InChI=1S/C21H24FN5O4S2/c1-14-5-10-18(31-3)17(11-14)23-20(28)13-32-21-25-24-19(26(21)2)12-27(33(4,29)30)16-8-6-15(22)7-9-16/h5-11H,12-13H2,1-4H3,(H,23,28). The Labute approximate surface area is 196 Å². The predicted octanol–water partition coefficient (Wildman–Crippen LogP) is 2.97. The van der Waals surface area contributed by atoms with Gasteiger partial charge in [0.25, 0.3) is 0 Å². The highest BCUT2D eigenvalue weighted by Gasteiger charge is 2.22. The first kappa shape index (κ1) is 24.5. The highest BCUT2D eigenvalue weighted by molar-refractivity contribution is 7.99. The largest absolute Gasteiger partial charge is 0.495 e. The van der Waals surface area contributed by atoms with Crippen LogP contribution in [0.15, 0.2) is 47.6 Å². The smallest absolute Gasteiger partial charge is 0.234 e. The van der Waals surface area contributed by atoms with Crippen LogP contribution in [-0.2, 0) is 28.4 Å². The Morgan fingerprint density at radius 2 is 1.91 bits per heavy atom. The lowest BCUT2D eigenvalue weighted by Crippen LogP contribution is -2.30. The van der Waals surface area contributed by atoms with Gasteiger partial charge in [-0.05, 0) is 48.9 Å². The quantitative estimate of drug-likeness (QED) is 0.457. The van der Waals surface area contributed by atoms with Crippen LogP contribution >= 0.6 is 11.8 Å². The monoisotopic (exact) mass is 493 g/mol. The third kappa shape index (κ3) is 6.23. The molecule has 176 valence electrons. The minimum atomic E-state index is -3.66. The molecular weight excluding hydrogens is 469 g/mol. The van der Waals surface area contributed by atoms with Crippen molar-refractivity contribution in [2.24, 2.45) is 7.05 Å². The minimum absolute atomic E-state index is 0.0663. The van der Waals surface area contributed by atoms with Crippen molar-refractivity contribution >= 4 is 39.1 Å². The van der Waals surface area contributed by atoms with E-state index in [1.807, 2.05) is 19.1 Å². The van der Waals surface area contributed by atoms with Crippen molar-refractivity contribution in [3.8, 4) is 5.75 Å². The number of hydrogen-bond donors (Lipinski definition) is 1. The zero-order chi connectivity index (χ0) is 24.2. The number of aryl methyl sites for hydroxylation is 1. The van der Waals surface area contributed by atoms with E-state index in [2.05, 4.69) is 15.5 Å². The number of carbonyl (C=O) groups excluding carboxylic acids is 1. The maximum atomic E-state index is 13.3. The predicted molar refractivity (Wildman–Crippen MR) is 126 cm³/mol. The number of hydrogen-bond acceptors (Lipinski definition) is 7. The van der Waals surface area contributed by atoms with Crippen molar-refractivity contribution in [1.29, 1.82) is 0 Å². The summed E-state index contributed by atoms with van der Waals surface area (Å²) in [5.41, 5.74) is 1.86. The zero-order valence-electron chi connectivity index (χ0n) is 18.6. The van der Waals surface area contributed by atoms with Gasteiger partial charge in [0, 0.05) is 7.05 Å². The van der Waals surface area contributed by atoms with E-state index in [0.29, 0.717) is 28.1 Å². The summed E-state index contributed by atoms with van der Waals surface area (Å²) in [5.74, 6) is 0.273. The summed E-state index contributed by atoms with van der Waals surface area (Å²) >= 11 is 1.16. The molecular formula is C21H24FN5O4S2. The second kappa shape index (κ2) is 10.2. The van der Waals surface area contributed by atoms with Gasteiger partial charge in [-0.1, -0.05) is 17.8 Å². The van der Waals surface area contributed by atoms with Gasteiger partial charge in [0.1, 0.15) is 11.6 Å². The molecule has 0 radical (unpaired) electrons. The number of rotatable bonds is 9. The fourth-order valence-electron chi connectivity index (χ4n) is 2.98. The Morgan fingerprint density at radius 1 is 1.21 bits per heavy atom. The second-order valence-electron chi connectivity index (χ2n) is 7.24. The molecule has 0 atom stereocenters. The van der Waals surface area contributed by atoms with Gasteiger partial charge in [-0.2, -0.15) is 0 Å². The molecule has 0 saturated heterocycles. The topological polar surface area (TPSA) is 106 Å². The summed E-state index contributed by atoms with van der Waals surface area (Å²) in [6.45, 7) is 1.82. The molecule has 0 aliphatic carbocycles. The maximum Gasteiger partial charge on any atom is 0.234 e. The van der Waals surface area contributed by atoms with Crippen LogP contribution in [0.25, 0.3) is 0 Å². The normalized spacial score (nSPS) is 11.3. The number of anilines is 2. The summed E-state index contributed by atoms with van der Waals surface area (Å²) in [4.78, 5) is 12.4. The number of nitrogens with one attached hydrogen (secondary N) is 1. The van der Waals surface area contributed by atoms with E-state index >= 15 is 0 Å². The maximum absolute atomic E-state index is 13.3. The molecule has 0 aliphatic heterocycles. The summed E-state index contributed by atoms with van der Waals surface area (Å²) in [7, 11) is -0.446. The van der Waals surface area contributed by atoms with E-state index in [1.54, 1.807) is 17.7 Å². The molecule has 1 heterocycles. The Balaban J connectivity index is 1.69. The molecule has 3 aromatic rings. The van der Waals surface area contributed by atoms with Gasteiger partial charge in [0.2, 0.25) is 15.9 Å². The second-order valence-corrected chi connectivity index (χ2v) is 10.1. The lowest BCUT2D eigenvalue weighted by molar-refractivity contribution is -0.113. The Kier molecular flexibility index (Phi) is 7.59. The van der Waals surface area contributed by atoms with Crippen molar-refractivity contribution in [1.82, 2.24) is 14.8 Å². The zero-order valence-corrected chi connectivity index (χ0v) is 20.2. The van der Waals surface area contributed by atoms with E-state index in [4.69, 9.17) is 4.74 Å². The molecule has 1 N–H and O–H groups in total. The molecule has 3 rings (SSSR count). The lowest BCUT2D eigenvalue weighted by atomic mass is 10.2. The molecule has 0 unspecified atom stereocenters. The highest BCUT2D eigenvalue weighted by atomic mass is 32.2. The third-order valence-corrected chi connectivity index (χ3v) is 6.85. The fraction of sp³-hybridized carbons (Fsp3) is 0.286. The summed E-state index contributed by atoms with van der Waals surface area (Å²) in [5, 5.41) is 11.4. The van der Waals surface area contributed by atoms with Gasteiger partial charge in [-0.15, -0.1) is 10.2 Å². The van der Waals surface area contributed by atoms with Crippen LogP contribution in [0, 0.1) is 12.7 Å². The minimum Gasteiger partial charge on any atom is -0.495 e. The third-order valence-electron chi connectivity index (χ3n) is 4.69. The van der Waals surface area contributed by atoms with E-state index in [1.165, 1.54) is 31.4 Å². The number of ether oxygens (including phenoxy) is 1. The number of carbonyl (C=O) groups is 1. The van der Waals surface area contributed by atoms with Gasteiger partial charge in [0.15, 0.2) is 11.0 Å². The van der Waals surface area contributed by atoms with Crippen LogP contribution in [0.2, 0.25) is 0 Å². The van der Waals surface area contributed by atoms with Gasteiger partial charge in [-0.3, -0.25) is 9.10 Å². The summed E-state index contributed by atoms with van der Waals surface area (Å²) in [6, 6.07) is 10.6. The molecule has 0 saturated carbocycles. The number of aromatic nitrogens is 3. The number of sulfonamides is 1. The SMILES string of the molecule is COc1ccc(C)cc1NC(=O)CSc1nnc(CN(c2ccc(F)cc2)S(C)(=O)=O)n1C. The average molecular weight is 494 g/mol. The van der Waals surface area contributed by atoms with Gasteiger partial charge in [-0.25, -0.2) is 12.8 Å². The number of nitrogens with zero attached hydrogens (tertiary/aromatic N) is 4. The number of amides is 1. The Morgan fingerprint density at radius 3 is 2.55 bits per heavy atom. The highest BCUT2D eigenvalue weighted by Crippen LogP contribution is 2.26. The molecule has 33 heavy (non-hydrogen) atoms. The molecule has 0 spiro atoms. The van der Waals surface area contributed by atoms with Crippen LogP contribution < -0.4 is 14.4 Å².